The van der Waals surface area contributed by atoms with Gasteiger partial charge < -0.3 is 20.5 Å². The highest BCUT2D eigenvalue weighted by Crippen LogP contribution is 2.23. The number of aliphatic hydroxyl groups is 1. The lowest BCUT2D eigenvalue weighted by Crippen LogP contribution is -2.43. The summed E-state index contributed by atoms with van der Waals surface area (Å²) < 4.78 is 5.35. The topological polar surface area (TPSA) is 87.7 Å². The summed E-state index contributed by atoms with van der Waals surface area (Å²) in [6.07, 6.45) is 0.547. The Kier molecular flexibility index (Phi) is 6.52. The van der Waals surface area contributed by atoms with Crippen molar-refractivity contribution >= 4 is 17.5 Å². The summed E-state index contributed by atoms with van der Waals surface area (Å²) in [6.45, 7) is 3.90. The average Bonchev–Trinajstić information content (AvgIpc) is 2.46. The molecule has 0 aliphatic carbocycles. The monoisotopic (exact) mass is 280 g/mol. The van der Waals surface area contributed by atoms with Gasteiger partial charge in [-0.25, -0.2) is 0 Å². The lowest BCUT2D eigenvalue weighted by molar-refractivity contribution is -0.136. The maximum absolute atomic E-state index is 11.8. The molecule has 3 N–H and O–H groups in total. The Balaban J connectivity index is 2.68. The van der Waals surface area contributed by atoms with E-state index in [0.29, 0.717) is 24.5 Å². The maximum atomic E-state index is 11.8. The van der Waals surface area contributed by atoms with Crippen LogP contribution in [0.5, 0.6) is 5.75 Å². The van der Waals surface area contributed by atoms with Crippen molar-refractivity contribution in [2.45, 2.75) is 26.3 Å². The minimum atomic E-state index is -0.788. The zero-order valence-electron chi connectivity index (χ0n) is 11.7. The maximum Gasteiger partial charge on any atom is 0.313 e. The van der Waals surface area contributed by atoms with Crippen LogP contribution in [0, 0.1) is 0 Å². The molecule has 6 nitrogen and oxygen atoms in total. The summed E-state index contributed by atoms with van der Waals surface area (Å²) in [6, 6.07) is 6.45. The molecule has 0 spiro atoms. The van der Waals surface area contributed by atoms with Crippen molar-refractivity contribution in [3.05, 3.63) is 24.3 Å². The predicted octanol–water partition coefficient (Wildman–Crippen LogP) is 0.911. The Bertz CT molecular complexity index is 458. The summed E-state index contributed by atoms with van der Waals surface area (Å²) in [4.78, 5) is 23.4. The Labute approximate surface area is 118 Å². The molecule has 0 bridgehead atoms. The average molecular weight is 280 g/mol. The zero-order valence-corrected chi connectivity index (χ0v) is 11.7. The highest BCUT2D eigenvalue weighted by atomic mass is 16.5. The van der Waals surface area contributed by atoms with Crippen molar-refractivity contribution in [3.8, 4) is 5.75 Å². The van der Waals surface area contributed by atoms with Gasteiger partial charge in [-0.2, -0.15) is 0 Å². The number of amides is 2. The van der Waals surface area contributed by atoms with Crippen molar-refractivity contribution in [2.24, 2.45) is 0 Å². The van der Waals surface area contributed by atoms with Crippen LogP contribution in [0.1, 0.15) is 20.3 Å². The Hall–Kier alpha value is -2.08. The number of rotatable bonds is 6. The first-order valence-electron chi connectivity index (χ1n) is 6.56. The fourth-order valence-corrected chi connectivity index (χ4v) is 1.56. The quantitative estimate of drug-likeness (QED) is 0.676. The molecule has 1 rings (SSSR count). The predicted molar refractivity (Wildman–Crippen MR) is 75.5 cm³/mol. The first kappa shape index (κ1) is 16.0. The molecule has 1 atom stereocenters. The number of hydrogen-bond acceptors (Lipinski definition) is 4. The number of carbonyl (C=O) groups excluding carboxylic acids is 2. The molecule has 0 aliphatic heterocycles. The smallest absolute Gasteiger partial charge is 0.313 e. The first-order chi connectivity index (χ1) is 9.62. The van der Waals surface area contributed by atoms with Gasteiger partial charge in [0.25, 0.3) is 0 Å². The molecule has 0 aromatic heterocycles. The Morgan fingerprint density at radius 3 is 2.55 bits per heavy atom. The van der Waals surface area contributed by atoms with E-state index >= 15 is 0 Å². The number of anilines is 1. The number of carbonyl (C=O) groups is 2. The summed E-state index contributed by atoms with van der Waals surface area (Å²) in [5.41, 5.74) is 0.437. The molecule has 110 valence electrons. The van der Waals surface area contributed by atoms with Crippen molar-refractivity contribution in [2.75, 3.05) is 18.5 Å². The second-order valence-electron chi connectivity index (χ2n) is 4.14. The third kappa shape index (κ3) is 4.55. The molecule has 1 aromatic carbocycles. The van der Waals surface area contributed by atoms with Crippen molar-refractivity contribution in [1.82, 2.24) is 5.32 Å². The van der Waals surface area contributed by atoms with E-state index in [-0.39, 0.29) is 6.61 Å². The van der Waals surface area contributed by atoms with Crippen molar-refractivity contribution in [1.29, 1.82) is 0 Å². The van der Waals surface area contributed by atoms with E-state index in [4.69, 9.17) is 9.84 Å². The van der Waals surface area contributed by atoms with Crippen LogP contribution < -0.4 is 15.4 Å². The van der Waals surface area contributed by atoms with Crippen LogP contribution in [-0.4, -0.2) is 36.2 Å². The van der Waals surface area contributed by atoms with Gasteiger partial charge in [0, 0.05) is 0 Å². The lowest BCUT2D eigenvalue weighted by Gasteiger charge is -2.14. The van der Waals surface area contributed by atoms with Gasteiger partial charge in [0.15, 0.2) is 0 Å². The number of hydrogen-bond donors (Lipinski definition) is 3. The number of para-hydroxylation sites is 2. The minimum Gasteiger partial charge on any atom is -0.492 e. The van der Waals surface area contributed by atoms with Gasteiger partial charge in [0.1, 0.15) is 5.75 Å². The molecule has 20 heavy (non-hydrogen) atoms. The molecular weight excluding hydrogens is 260 g/mol. The molecule has 2 amide bonds. The molecule has 0 aliphatic rings. The van der Waals surface area contributed by atoms with Crippen LogP contribution in [0.3, 0.4) is 0 Å². The molecule has 0 unspecified atom stereocenters. The molecule has 0 saturated heterocycles. The fraction of sp³-hybridized carbons (Fsp3) is 0.429. The summed E-state index contributed by atoms with van der Waals surface area (Å²) in [5.74, 6) is -1.06. The van der Waals surface area contributed by atoms with E-state index in [1.807, 2.05) is 13.8 Å². The van der Waals surface area contributed by atoms with E-state index in [1.54, 1.807) is 24.3 Å². The van der Waals surface area contributed by atoms with Gasteiger partial charge >= 0.3 is 11.8 Å². The third-order valence-electron chi connectivity index (χ3n) is 2.69. The molecule has 1 aromatic rings. The van der Waals surface area contributed by atoms with E-state index < -0.39 is 17.9 Å². The van der Waals surface area contributed by atoms with E-state index in [1.165, 1.54) is 0 Å². The van der Waals surface area contributed by atoms with Crippen molar-refractivity contribution < 1.29 is 19.4 Å². The summed E-state index contributed by atoms with van der Waals surface area (Å²) in [5, 5.41) is 13.9. The second kappa shape index (κ2) is 8.16. The first-order valence-corrected chi connectivity index (χ1v) is 6.56. The van der Waals surface area contributed by atoms with Gasteiger partial charge in [-0.1, -0.05) is 19.1 Å². The normalized spacial score (nSPS) is 11.6. The van der Waals surface area contributed by atoms with E-state index in [2.05, 4.69) is 10.6 Å². The van der Waals surface area contributed by atoms with Gasteiger partial charge in [-0.15, -0.1) is 0 Å². The lowest BCUT2D eigenvalue weighted by atomic mass is 10.2. The van der Waals surface area contributed by atoms with Crippen LogP contribution in [0.4, 0.5) is 5.69 Å². The number of aliphatic hydroxyl groups excluding tert-OH is 1. The van der Waals surface area contributed by atoms with Gasteiger partial charge in [-0.3, -0.25) is 9.59 Å². The molecule has 0 radical (unpaired) electrons. The molecule has 0 heterocycles. The second-order valence-corrected chi connectivity index (χ2v) is 4.14. The Morgan fingerprint density at radius 2 is 1.95 bits per heavy atom. The van der Waals surface area contributed by atoms with Crippen LogP contribution in [0.15, 0.2) is 24.3 Å². The fourth-order valence-electron chi connectivity index (χ4n) is 1.56. The van der Waals surface area contributed by atoms with Crippen LogP contribution in [0.25, 0.3) is 0 Å². The highest BCUT2D eigenvalue weighted by molar-refractivity contribution is 6.39. The van der Waals surface area contributed by atoms with Gasteiger partial charge in [-0.05, 0) is 25.5 Å². The number of nitrogens with one attached hydrogen (secondary N) is 2. The van der Waals surface area contributed by atoms with Crippen LogP contribution in [-0.2, 0) is 9.59 Å². The van der Waals surface area contributed by atoms with Gasteiger partial charge in [0.2, 0.25) is 0 Å². The highest BCUT2D eigenvalue weighted by Gasteiger charge is 2.18. The largest absolute Gasteiger partial charge is 0.492 e. The molecule has 0 fully saturated rings. The van der Waals surface area contributed by atoms with Crippen molar-refractivity contribution in [3.63, 3.8) is 0 Å². The van der Waals surface area contributed by atoms with E-state index in [0.717, 1.165) is 0 Å². The standard InChI is InChI=1S/C14H20N2O4/c1-3-10(9-17)15-13(18)14(19)16-11-7-5-6-8-12(11)20-4-2/h5-8,10,17H,3-4,9H2,1-2H3,(H,15,18)(H,16,19)/t10-/m0/s1. The molecular formula is C14H20N2O4. The minimum absolute atomic E-state index is 0.203. The zero-order chi connectivity index (χ0) is 15.0. The number of ether oxygens (including phenoxy) is 1. The number of benzene rings is 1. The molecule has 6 heteroatoms. The van der Waals surface area contributed by atoms with Gasteiger partial charge in [0.05, 0.1) is 24.9 Å². The van der Waals surface area contributed by atoms with Crippen LogP contribution in [0.2, 0.25) is 0 Å². The Morgan fingerprint density at radius 1 is 1.25 bits per heavy atom. The summed E-state index contributed by atoms with van der Waals surface area (Å²) >= 11 is 0. The summed E-state index contributed by atoms with van der Waals surface area (Å²) in [7, 11) is 0. The third-order valence-corrected chi connectivity index (χ3v) is 2.69. The van der Waals surface area contributed by atoms with Crippen LogP contribution >= 0.6 is 0 Å². The SMILES string of the molecule is CCOc1ccccc1NC(=O)C(=O)N[C@@H](CC)CO. The molecule has 0 saturated carbocycles. The van der Waals surface area contributed by atoms with E-state index in [9.17, 15) is 9.59 Å².